The van der Waals surface area contributed by atoms with Gasteiger partial charge in [0.15, 0.2) is 12.4 Å². The third kappa shape index (κ3) is 1.90. The molecule has 6 nitrogen and oxygen atoms in total. The van der Waals surface area contributed by atoms with Crippen LogP contribution in [0.25, 0.3) is 11.0 Å². The first-order chi connectivity index (χ1) is 9.13. The third-order valence-corrected chi connectivity index (χ3v) is 3.51. The van der Waals surface area contributed by atoms with E-state index in [0.717, 1.165) is 0 Å². The van der Waals surface area contributed by atoms with Crippen molar-refractivity contribution in [2.75, 3.05) is 6.61 Å². The monoisotopic (exact) mass is 287 g/mol. The van der Waals surface area contributed by atoms with Crippen molar-refractivity contribution < 1.29 is 19.3 Å². The number of fused-ring (bicyclic) bond motifs is 1. The SMILES string of the molecule is OC[C@H]1O[C@@H](n2ccc3c(Cl)ncnc32)[C@H](F)C1O. The molecule has 8 heteroatoms. The Morgan fingerprint density at radius 3 is 2.95 bits per heavy atom. The highest BCUT2D eigenvalue weighted by Crippen LogP contribution is 2.34. The van der Waals surface area contributed by atoms with Gasteiger partial charge in [-0.25, -0.2) is 14.4 Å². The molecule has 0 amide bonds. The largest absolute Gasteiger partial charge is 0.394 e. The lowest BCUT2D eigenvalue weighted by Gasteiger charge is -2.15. The highest BCUT2D eigenvalue weighted by molar-refractivity contribution is 6.33. The van der Waals surface area contributed by atoms with Crippen LogP contribution in [-0.4, -0.2) is 49.7 Å². The number of aliphatic hydroxyl groups excluding tert-OH is 2. The molecule has 102 valence electrons. The number of alkyl halides is 1. The summed E-state index contributed by atoms with van der Waals surface area (Å²) >= 11 is 5.91. The van der Waals surface area contributed by atoms with Crippen LogP contribution in [0.4, 0.5) is 4.39 Å². The van der Waals surface area contributed by atoms with Gasteiger partial charge in [0.1, 0.15) is 29.3 Å². The minimum Gasteiger partial charge on any atom is -0.394 e. The Balaban J connectivity index is 2.04. The zero-order valence-corrected chi connectivity index (χ0v) is 10.4. The average molecular weight is 288 g/mol. The maximum Gasteiger partial charge on any atom is 0.173 e. The first-order valence-corrected chi connectivity index (χ1v) is 6.06. The number of halogens is 2. The van der Waals surface area contributed by atoms with Crippen LogP contribution >= 0.6 is 11.6 Å². The number of hydrogen-bond acceptors (Lipinski definition) is 5. The third-order valence-electron chi connectivity index (χ3n) is 3.21. The van der Waals surface area contributed by atoms with E-state index < -0.39 is 31.2 Å². The van der Waals surface area contributed by atoms with Gasteiger partial charge >= 0.3 is 0 Å². The first-order valence-electron chi connectivity index (χ1n) is 5.69. The Labute approximate surface area is 112 Å². The van der Waals surface area contributed by atoms with Gasteiger partial charge in [-0.1, -0.05) is 11.6 Å². The maximum absolute atomic E-state index is 14.0. The van der Waals surface area contributed by atoms with Gasteiger partial charge in [-0.05, 0) is 6.07 Å². The lowest BCUT2D eigenvalue weighted by Crippen LogP contribution is -2.30. The Hall–Kier alpha value is -1.28. The van der Waals surface area contributed by atoms with Gasteiger partial charge in [-0.3, -0.25) is 0 Å². The molecule has 3 rings (SSSR count). The summed E-state index contributed by atoms with van der Waals surface area (Å²) in [4.78, 5) is 7.86. The maximum atomic E-state index is 14.0. The minimum absolute atomic E-state index is 0.261. The zero-order valence-electron chi connectivity index (χ0n) is 9.65. The standard InChI is InChI=1S/C11H11ClFN3O3/c12-9-5-1-2-16(10(5)15-4-14-9)11-7(13)8(18)6(3-17)19-11/h1-2,4,6-8,11,17-18H,3H2/t6-,7-,8?,11-/m1/s1. The summed E-state index contributed by atoms with van der Waals surface area (Å²) in [5.74, 6) is 0. The quantitative estimate of drug-likeness (QED) is 0.794. The molecule has 2 N–H and O–H groups in total. The summed E-state index contributed by atoms with van der Waals surface area (Å²) in [6.07, 6.45) is -2.19. The Kier molecular flexibility index (Phi) is 3.14. The van der Waals surface area contributed by atoms with Gasteiger partial charge in [-0.15, -0.1) is 0 Å². The number of nitrogens with zero attached hydrogens (tertiary/aromatic N) is 3. The molecule has 19 heavy (non-hydrogen) atoms. The zero-order chi connectivity index (χ0) is 13.6. The summed E-state index contributed by atoms with van der Waals surface area (Å²) in [5, 5.41) is 19.5. The first kappa shape index (κ1) is 12.7. The fraction of sp³-hybridized carbons (Fsp3) is 0.455. The summed E-state index contributed by atoms with van der Waals surface area (Å²) < 4.78 is 20.8. The number of rotatable bonds is 2. The van der Waals surface area contributed by atoms with Crippen LogP contribution in [0.1, 0.15) is 6.23 Å². The van der Waals surface area contributed by atoms with Crippen molar-refractivity contribution in [1.82, 2.24) is 14.5 Å². The molecule has 2 aromatic heterocycles. The number of hydrogen-bond donors (Lipinski definition) is 2. The topological polar surface area (TPSA) is 80.4 Å². The van der Waals surface area contributed by atoms with Gasteiger partial charge in [0, 0.05) is 6.20 Å². The molecule has 4 atom stereocenters. The van der Waals surface area contributed by atoms with Crippen molar-refractivity contribution in [3.63, 3.8) is 0 Å². The average Bonchev–Trinajstić information content (AvgIpc) is 2.94. The molecule has 0 spiro atoms. The molecule has 1 aliphatic heterocycles. The van der Waals surface area contributed by atoms with Crippen LogP contribution < -0.4 is 0 Å². The summed E-state index contributed by atoms with van der Waals surface area (Å²) in [7, 11) is 0. The van der Waals surface area contributed by atoms with Crippen LogP contribution in [-0.2, 0) is 4.74 Å². The van der Waals surface area contributed by atoms with Crippen molar-refractivity contribution in [3.8, 4) is 0 Å². The summed E-state index contributed by atoms with van der Waals surface area (Å²) in [6, 6.07) is 1.65. The minimum atomic E-state index is -1.65. The highest BCUT2D eigenvalue weighted by atomic mass is 35.5. The van der Waals surface area contributed by atoms with Crippen molar-refractivity contribution in [2.45, 2.75) is 24.6 Å². The van der Waals surface area contributed by atoms with E-state index in [-0.39, 0.29) is 5.15 Å². The molecule has 1 fully saturated rings. The normalized spacial score (nSPS) is 31.2. The van der Waals surface area contributed by atoms with Crippen LogP contribution in [0.2, 0.25) is 5.15 Å². The molecule has 2 aromatic rings. The number of ether oxygens (including phenoxy) is 1. The summed E-state index contributed by atoms with van der Waals surface area (Å²) in [5.41, 5.74) is 0.415. The van der Waals surface area contributed by atoms with Crippen molar-refractivity contribution in [3.05, 3.63) is 23.7 Å². The molecular weight excluding hydrogens is 277 g/mol. The van der Waals surface area contributed by atoms with Gasteiger partial charge in [0.05, 0.1) is 12.0 Å². The van der Waals surface area contributed by atoms with E-state index in [1.54, 1.807) is 12.3 Å². The second-order valence-corrected chi connectivity index (χ2v) is 4.67. The smallest absolute Gasteiger partial charge is 0.173 e. The van der Waals surface area contributed by atoms with Gasteiger partial charge in [-0.2, -0.15) is 0 Å². The Bertz CT molecular complexity index is 608. The van der Waals surface area contributed by atoms with Crippen LogP contribution in [0, 0.1) is 0 Å². The molecule has 0 bridgehead atoms. The second-order valence-electron chi connectivity index (χ2n) is 4.31. The summed E-state index contributed by atoms with van der Waals surface area (Å²) in [6.45, 7) is -0.451. The predicted molar refractivity (Wildman–Crippen MR) is 64.4 cm³/mol. The van der Waals surface area contributed by atoms with E-state index >= 15 is 0 Å². The van der Waals surface area contributed by atoms with Gasteiger partial charge < -0.3 is 19.5 Å². The molecule has 0 aromatic carbocycles. The number of aromatic nitrogens is 3. The van der Waals surface area contributed by atoms with Crippen LogP contribution in [0.3, 0.4) is 0 Å². The van der Waals surface area contributed by atoms with Gasteiger partial charge in [0.25, 0.3) is 0 Å². The predicted octanol–water partition coefficient (Wildman–Crippen LogP) is 0.673. The molecule has 0 aliphatic carbocycles. The number of aliphatic hydroxyl groups is 2. The molecule has 0 radical (unpaired) electrons. The fourth-order valence-electron chi connectivity index (χ4n) is 2.22. The van der Waals surface area contributed by atoms with Crippen molar-refractivity contribution in [1.29, 1.82) is 0 Å². The van der Waals surface area contributed by atoms with E-state index in [2.05, 4.69) is 9.97 Å². The molecule has 0 saturated carbocycles. The van der Waals surface area contributed by atoms with Crippen molar-refractivity contribution >= 4 is 22.6 Å². The molecule has 1 unspecified atom stereocenters. The Morgan fingerprint density at radius 1 is 1.47 bits per heavy atom. The van der Waals surface area contributed by atoms with E-state index in [1.807, 2.05) is 0 Å². The van der Waals surface area contributed by atoms with Gasteiger partial charge in [0.2, 0.25) is 0 Å². The van der Waals surface area contributed by atoms with Crippen LogP contribution in [0.5, 0.6) is 0 Å². The Morgan fingerprint density at radius 2 is 2.26 bits per heavy atom. The highest BCUT2D eigenvalue weighted by Gasteiger charge is 2.45. The lowest BCUT2D eigenvalue weighted by atomic mass is 10.1. The molecule has 1 saturated heterocycles. The van der Waals surface area contributed by atoms with E-state index in [4.69, 9.17) is 21.4 Å². The van der Waals surface area contributed by atoms with E-state index in [9.17, 15) is 9.50 Å². The van der Waals surface area contributed by atoms with Crippen LogP contribution in [0.15, 0.2) is 18.6 Å². The molecular formula is C11H11ClFN3O3. The lowest BCUT2D eigenvalue weighted by molar-refractivity contribution is -0.0457. The van der Waals surface area contributed by atoms with E-state index in [0.29, 0.717) is 11.0 Å². The second kappa shape index (κ2) is 4.68. The molecule has 3 heterocycles. The fourth-order valence-corrected chi connectivity index (χ4v) is 2.41. The molecule has 1 aliphatic rings. The van der Waals surface area contributed by atoms with E-state index in [1.165, 1.54) is 10.9 Å². The van der Waals surface area contributed by atoms with Crippen molar-refractivity contribution in [2.24, 2.45) is 0 Å².